The Morgan fingerprint density at radius 3 is 2.90 bits per heavy atom. The van der Waals surface area contributed by atoms with Crippen molar-refractivity contribution >= 4 is 11.4 Å². The van der Waals surface area contributed by atoms with Crippen LogP contribution in [0.25, 0.3) is 0 Å². The van der Waals surface area contributed by atoms with Crippen molar-refractivity contribution in [1.29, 1.82) is 0 Å². The first-order valence-corrected chi connectivity index (χ1v) is 7.39. The molecular weight excluding hydrogens is 270 g/mol. The van der Waals surface area contributed by atoms with Gasteiger partial charge in [0.2, 0.25) is 0 Å². The topological polar surface area (TPSA) is 76.4 Å². The smallest absolute Gasteiger partial charge is 0.275 e. The van der Waals surface area contributed by atoms with Gasteiger partial charge in [-0.3, -0.25) is 10.1 Å². The Morgan fingerprint density at radius 2 is 2.29 bits per heavy atom. The number of anilines is 1. The fraction of sp³-hybridized carbons (Fsp3) is 0.600. The Morgan fingerprint density at radius 1 is 1.48 bits per heavy atom. The van der Waals surface area contributed by atoms with E-state index in [4.69, 9.17) is 4.74 Å². The number of benzene rings is 1. The highest BCUT2D eigenvalue weighted by atomic mass is 16.6. The second-order valence-corrected chi connectivity index (χ2v) is 5.85. The summed E-state index contributed by atoms with van der Waals surface area (Å²) in [6.45, 7) is 7.40. The Bertz CT molecular complexity index is 499. The van der Waals surface area contributed by atoms with Crippen molar-refractivity contribution in [2.45, 2.75) is 26.7 Å². The van der Waals surface area contributed by atoms with Gasteiger partial charge in [-0.2, -0.15) is 0 Å². The van der Waals surface area contributed by atoms with Crippen LogP contribution in [0.5, 0.6) is 5.75 Å². The Hall–Kier alpha value is -1.82. The predicted molar refractivity (Wildman–Crippen MR) is 83.0 cm³/mol. The van der Waals surface area contributed by atoms with Gasteiger partial charge >= 0.3 is 0 Å². The first-order valence-electron chi connectivity index (χ1n) is 7.39. The van der Waals surface area contributed by atoms with E-state index in [0.29, 0.717) is 12.4 Å². The highest BCUT2D eigenvalue weighted by molar-refractivity contribution is 5.56. The molecule has 0 amide bonds. The monoisotopic (exact) mass is 293 g/mol. The van der Waals surface area contributed by atoms with E-state index in [-0.39, 0.29) is 11.1 Å². The molecule has 21 heavy (non-hydrogen) atoms. The van der Waals surface area contributed by atoms with Gasteiger partial charge in [0.25, 0.3) is 5.69 Å². The van der Waals surface area contributed by atoms with Crippen LogP contribution in [0.3, 0.4) is 0 Å². The minimum Gasteiger partial charge on any atom is -0.494 e. The van der Waals surface area contributed by atoms with Crippen molar-refractivity contribution < 1.29 is 9.66 Å². The number of non-ortho nitro benzene ring substituents is 1. The summed E-state index contributed by atoms with van der Waals surface area (Å²) in [4.78, 5) is 10.6. The molecule has 0 spiro atoms. The molecule has 0 saturated carbocycles. The Labute approximate surface area is 125 Å². The van der Waals surface area contributed by atoms with Gasteiger partial charge in [0.15, 0.2) is 0 Å². The lowest BCUT2D eigenvalue weighted by Gasteiger charge is -2.34. The minimum absolute atomic E-state index is 0.0513. The molecule has 1 aromatic carbocycles. The van der Waals surface area contributed by atoms with Crippen LogP contribution >= 0.6 is 0 Å². The zero-order valence-electron chi connectivity index (χ0n) is 12.6. The van der Waals surface area contributed by atoms with E-state index in [1.807, 2.05) is 13.0 Å². The van der Waals surface area contributed by atoms with Crippen LogP contribution in [0.1, 0.15) is 26.7 Å². The fourth-order valence-corrected chi connectivity index (χ4v) is 2.63. The summed E-state index contributed by atoms with van der Waals surface area (Å²) < 4.78 is 5.40. The maximum atomic E-state index is 11.0. The average Bonchev–Trinajstić information content (AvgIpc) is 2.46. The lowest BCUT2D eigenvalue weighted by molar-refractivity contribution is -0.384. The largest absolute Gasteiger partial charge is 0.494 e. The van der Waals surface area contributed by atoms with Crippen LogP contribution < -0.4 is 15.4 Å². The maximum absolute atomic E-state index is 11.0. The molecule has 6 heteroatoms. The van der Waals surface area contributed by atoms with Gasteiger partial charge in [0.1, 0.15) is 5.75 Å². The summed E-state index contributed by atoms with van der Waals surface area (Å²) in [5.74, 6) is 0.529. The quantitative estimate of drug-likeness (QED) is 0.623. The second kappa shape index (κ2) is 6.76. The van der Waals surface area contributed by atoms with Crippen molar-refractivity contribution in [1.82, 2.24) is 5.32 Å². The summed E-state index contributed by atoms with van der Waals surface area (Å²) in [5.41, 5.74) is 0.962. The van der Waals surface area contributed by atoms with Crippen LogP contribution in [-0.2, 0) is 0 Å². The lowest BCUT2D eigenvalue weighted by Crippen LogP contribution is -2.42. The molecule has 1 unspecified atom stereocenters. The Kier molecular flexibility index (Phi) is 5.01. The van der Waals surface area contributed by atoms with Crippen molar-refractivity contribution in [3.8, 4) is 5.75 Å². The summed E-state index contributed by atoms with van der Waals surface area (Å²) in [6.07, 6.45) is 2.32. The van der Waals surface area contributed by atoms with Gasteiger partial charge in [-0.15, -0.1) is 0 Å². The highest BCUT2D eigenvalue weighted by Crippen LogP contribution is 2.29. The molecular formula is C15H23N3O3. The van der Waals surface area contributed by atoms with Crippen LogP contribution in [0.2, 0.25) is 0 Å². The number of nitro benzene ring substituents is 1. The molecule has 1 fully saturated rings. The van der Waals surface area contributed by atoms with E-state index in [9.17, 15) is 10.1 Å². The summed E-state index contributed by atoms with van der Waals surface area (Å²) in [5, 5.41) is 17.7. The number of piperidine rings is 1. The molecule has 0 aliphatic carbocycles. The normalized spacial score (nSPS) is 21.8. The molecule has 1 aromatic rings. The van der Waals surface area contributed by atoms with E-state index in [2.05, 4.69) is 17.6 Å². The number of ether oxygens (including phenoxy) is 1. The van der Waals surface area contributed by atoms with Crippen LogP contribution in [-0.4, -0.2) is 31.2 Å². The Balaban J connectivity index is 2.09. The molecule has 116 valence electrons. The molecule has 0 bridgehead atoms. The third-order valence-corrected chi connectivity index (χ3v) is 3.82. The standard InChI is InChI=1S/C15H23N3O3/c1-3-21-14-8-12(7-13(9-14)18(19)20)17-11-15(2)5-4-6-16-10-15/h7-9,16-17H,3-6,10-11H2,1-2H3. The van der Waals surface area contributed by atoms with E-state index in [1.54, 1.807) is 6.07 Å². The van der Waals surface area contributed by atoms with Gasteiger partial charge in [0.05, 0.1) is 17.6 Å². The maximum Gasteiger partial charge on any atom is 0.275 e. The molecule has 2 N–H and O–H groups in total. The molecule has 1 aliphatic heterocycles. The van der Waals surface area contributed by atoms with Crippen molar-refractivity contribution in [2.75, 3.05) is 31.6 Å². The van der Waals surface area contributed by atoms with Crippen LogP contribution in [0, 0.1) is 15.5 Å². The summed E-state index contributed by atoms with van der Waals surface area (Å²) >= 11 is 0. The first-order chi connectivity index (χ1) is 10.0. The zero-order valence-corrected chi connectivity index (χ0v) is 12.6. The van der Waals surface area contributed by atoms with E-state index < -0.39 is 4.92 Å². The van der Waals surface area contributed by atoms with Crippen LogP contribution in [0.4, 0.5) is 11.4 Å². The van der Waals surface area contributed by atoms with Gasteiger partial charge < -0.3 is 15.4 Å². The predicted octanol–water partition coefficient (Wildman–Crippen LogP) is 2.80. The number of rotatable bonds is 6. The molecule has 1 aliphatic rings. The lowest BCUT2D eigenvalue weighted by atomic mass is 9.83. The fourth-order valence-electron chi connectivity index (χ4n) is 2.63. The SMILES string of the molecule is CCOc1cc(NCC2(C)CCCNC2)cc([N+](=O)[O-])c1. The third-order valence-electron chi connectivity index (χ3n) is 3.82. The van der Waals surface area contributed by atoms with E-state index >= 15 is 0 Å². The number of nitrogens with zero attached hydrogens (tertiary/aromatic N) is 1. The van der Waals surface area contributed by atoms with Gasteiger partial charge in [0, 0.05) is 30.9 Å². The minimum atomic E-state index is -0.391. The van der Waals surface area contributed by atoms with Crippen LogP contribution in [0.15, 0.2) is 18.2 Å². The number of hydrogen-bond donors (Lipinski definition) is 2. The zero-order chi connectivity index (χ0) is 15.3. The highest BCUT2D eigenvalue weighted by Gasteiger charge is 2.26. The van der Waals surface area contributed by atoms with Crippen molar-refractivity contribution in [3.05, 3.63) is 28.3 Å². The number of hydrogen-bond acceptors (Lipinski definition) is 5. The van der Waals surface area contributed by atoms with E-state index in [0.717, 1.165) is 38.2 Å². The summed E-state index contributed by atoms with van der Waals surface area (Å²) in [6, 6.07) is 4.83. The second-order valence-electron chi connectivity index (χ2n) is 5.85. The molecule has 6 nitrogen and oxygen atoms in total. The molecule has 0 radical (unpaired) electrons. The first kappa shape index (κ1) is 15.6. The number of nitrogens with one attached hydrogen (secondary N) is 2. The molecule has 2 rings (SSSR count). The van der Waals surface area contributed by atoms with Crippen molar-refractivity contribution in [2.24, 2.45) is 5.41 Å². The molecule has 1 heterocycles. The summed E-state index contributed by atoms with van der Waals surface area (Å²) in [7, 11) is 0. The average molecular weight is 293 g/mol. The van der Waals surface area contributed by atoms with Crippen molar-refractivity contribution in [3.63, 3.8) is 0 Å². The third kappa shape index (κ3) is 4.32. The molecule has 0 aromatic heterocycles. The van der Waals surface area contributed by atoms with Gasteiger partial charge in [-0.1, -0.05) is 6.92 Å². The molecule has 1 atom stereocenters. The molecule has 1 saturated heterocycles. The van der Waals surface area contributed by atoms with Gasteiger partial charge in [-0.05, 0) is 31.7 Å². The van der Waals surface area contributed by atoms with E-state index in [1.165, 1.54) is 6.07 Å². The van der Waals surface area contributed by atoms with Gasteiger partial charge in [-0.25, -0.2) is 0 Å². The number of nitro groups is 1.